The van der Waals surface area contributed by atoms with Crippen LogP contribution >= 0.6 is 23.2 Å². The molecule has 6 nitrogen and oxygen atoms in total. The van der Waals surface area contributed by atoms with Gasteiger partial charge in [0.05, 0.1) is 21.7 Å². The van der Waals surface area contributed by atoms with Gasteiger partial charge in [-0.15, -0.1) is 0 Å². The van der Waals surface area contributed by atoms with Gasteiger partial charge in [-0.3, -0.25) is 10.1 Å². The fourth-order valence-corrected chi connectivity index (χ4v) is 6.18. The Bertz CT molecular complexity index is 1380. The molecular weight excluding hydrogens is 552 g/mol. The molecular formula is C31H32Cl2FN3O3. The van der Waals surface area contributed by atoms with E-state index in [0.717, 1.165) is 17.5 Å². The number of anilines is 1. The molecule has 40 heavy (non-hydrogen) atoms. The minimum atomic E-state index is -0.870. The lowest BCUT2D eigenvalue weighted by molar-refractivity contribution is -0.123. The largest absolute Gasteiger partial charge is 0.438 e. The molecule has 1 saturated heterocycles. The molecule has 2 amide bonds. The van der Waals surface area contributed by atoms with E-state index >= 15 is 0 Å². The number of piperidine rings is 1. The summed E-state index contributed by atoms with van der Waals surface area (Å²) in [6, 6.07) is 19.6. The van der Waals surface area contributed by atoms with E-state index in [4.69, 9.17) is 27.9 Å². The van der Waals surface area contributed by atoms with E-state index in [9.17, 15) is 14.0 Å². The predicted octanol–water partition coefficient (Wildman–Crippen LogP) is 7.25. The topological polar surface area (TPSA) is 70.7 Å². The summed E-state index contributed by atoms with van der Waals surface area (Å²) in [7, 11) is 0. The first kappa shape index (κ1) is 28.4. The Hall–Kier alpha value is -3.13. The Kier molecular flexibility index (Phi) is 8.64. The number of halogens is 3. The van der Waals surface area contributed by atoms with Crippen molar-refractivity contribution in [3.63, 3.8) is 0 Å². The number of fused-ring (bicyclic) bond motifs is 2. The molecule has 9 heteroatoms. The van der Waals surface area contributed by atoms with Crippen molar-refractivity contribution in [1.82, 2.24) is 10.2 Å². The number of amides is 2. The van der Waals surface area contributed by atoms with Crippen LogP contribution in [0.25, 0.3) is 0 Å². The van der Waals surface area contributed by atoms with Crippen LogP contribution in [0.1, 0.15) is 55.2 Å². The molecule has 210 valence electrons. The molecule has 1 fully saturated rings. The average molecular weight is 585 g/mol. The highest BCUT2D eigenvalue weighted by Crippen LogP contribution is 2.44. The summed E-state index contributed by atoms with van der Waals surface area (Å²) in [4.78, 5) is 28.3. The Balaban J connectivity index is 1.33. The van der Waals surface area contributed by atoms with Gasteiger partial charge in [-0.2, -0.15) is 0 Å². The van der Waals surface area contributed by atoms with Crippen molar-refractivity contribution in [1.29, 1.82) is 0 Å². The molecule has 0 radical (unpaired) electrons. The van der Waals surface area contributed by atoms with Gasteiger partial charge in [-0.25, -0.2) is 9.18 Å². The van der Waals surface area contributed by atoms with Crippen LogP contribution in [-0.4, -0.2) is 36.0 Å². The molecule has 1 spiro atoms. The van der Waals surface area contributed by atoms with Crippen molar-refractivity contribution in [3.8, 4) is 0 Å². The van der Waals surface area contributed by atoms with Crippen LogP contribution in [0.4, 0.5) is 14.9 Å². The smallest absolute Gasteiger partial charge is 0.412 e. The van der Waals surface area contributed by atoms with Crippen LogP contribution in [0, 0.1) is 5.82 Å². The van der Waals surface area contributed by atoms with E-state index in [1.807, 2.05) is 36.4 Å². The van der Waals surface area contributed by atoms with E-state index in [-0.39, 0.29) is 17.8 Å². The zero-order chi connectivity index (χ0) is 28.3. The summed E-state index contributed by atoms with van der Waals surface area (Å²) >= 11 is 12.5. The molecule has 2 aliphatic rings. The second kappa shape index (κ2) is 12.2. The van der Waals surface area contributed by atoms with Crippen molar-refractivity contribution >= 4 is 40.9 Å². The Labute approximate surface area is 243 Å². The average Bonchev–Trinajstić information content (AvgIpc) is 2.96. The molecule has 2 aliphatic heterocycles. The third kappa shape index (κ3) is 6.12. The molecule has 2 N–H and O–H groups in total. The van der Waals surface area contributed by atoms with Crippen LogP contribution in [0.3, 0.4) is 0 Å². The van der Waals surface area contributed by atoms with Crippen LogP contribution in [0.5, 0.6) is 0 Å². The van der Waals surface area contributed by atoms with Gasteiger partial charge >= 0.3 is 6.09 Å². The third-order valence-electron chi connectivity index (χ3n) is 8.07. The first-order valence-electron chi connectivity index (χ1n) is 13.6. The second-order valence-electron chi connectivity index (χ2n) is 10.5. The molecule has 0 saturated carbocycles. The van der Waals surface area contributed by atoms with E-state index in [2.05, 4.69) is 22.5 Å². The number of carbonyl (C=O) groups is 2. The van der Waals surface area contributed by atoms with E-state index in [1.165, 1.54) is 12.1 Å². The lowest BCUT2D eigenvalue weighted by atomic mass is 9.81. The van der Waals surface area contributed by atoms with Crippen molar-refractivity contribution in [2.45, 2.75) is 56.7 Å². The Morgan fingerprint density at radius 2 is 1.82 bits per heavy atom. The Morgan fingerprint density at radius 1 is 1.07 bits per heavy atom. The zero-order valence-electron chi connectivity index (χ0n) is 22.3. The fraction of sp³-hybridized carbons (Fsp3) is 0.355. The van der Waals surface area contributed by atoms with Crippen LogP contribution < -0.4 is 10.6 Å². The Morgan fingerprint density at radius 3 is 2.52 bits per heavy atom. The van der Waals surface area contributed by atoms with Crippen LogP contribution in [0.15, 0.2) is 66.7 Å². The minimum Gasteiger partial charge on any atom is -0.438 e. The van der Waals surface area contributed by atoms with E-state index < -0.39 is 17.6 Å². The van der Waals surface area contributed by atoms with Crippen molar-refractivity contribution in [2.24, 2.45) is 0 Å². The monoisotopic (exact) mass is 583 g/mol. The molecule has 0 bridgehead atoms. The standard InChI is InChI=1S/C31H32Cl2FN3O3/c1-2-23(37-14-12-31(13-15-37)25-17-22(34)9-11-28(25)36-30(39)40-31)18-24(21-8-10-26(32)27(33)16-21)29(38)35-19-20-6-4-3-5-7-20/h3-11,16-17,23-24H,2,12-15,18-19H2,1H3,(H,35,38)(H,36,39). The lowest BCUT2D eigenvalue weighted by Gasteiger charge is -2.46. The van der Waals surface area contributed by atoms with Gasteiger partial charge in [0.15, 0.2) is 0 Å². The van der Waals surface area contributed by atoms with Gasteiger partial charge in [0.2, 0.25) is 5.91 Å². The molecule has 0 aliphatic carbocycles. The number of nitrogens with one attached hydrogen (secondary N) is 2. The maximum absolute atomic E-state index is 14.2. The van der Waals surface area contributed by atoms with Crippen molar-refractivity contribution < 1.29 is 18.7 Å². The molecule has 5 rings (SSSR count). The quantitative estimate of drug-likeness (QED) is 0.293. The molecule has 2 unspecified atom stereocenters. The fourth-order valence-electron chi connectivity index (χ4n) is 5.87. The summed E-state index contributed by atoms with van der Waals surface area (Å²) < 4.78 is 20.0. The maximum Gasteiger partial charge on any atom is 0.412 e. The number of ether oxygens (including phenoxy) is 1. The molecule has 3 aromatic carbocycles. The predicted molar refractivity (Wildman–Crippen MR) is 155 cm³/mol. The summed E-state index contributed by atoms with van der Waals surface area (Å²) in [6.07, 6.45) is 1.95. The number of carbonyl (C=O) groups excluding carboxylic acids is 2. The number of nitrogens with zero attached hydrogens (tertiary/aromatic N) is 1. The number of benzene rings is 3. The number of hydrogen-bond acceptors (Lipinski definition) is 4. The highest BCUT2D eigenvalue weighted by Gasteiger charge is 2.45. The van der Waals surface area contributed by atoms with Crippen molar-refractivity contribution in [3.05, 3.63) is 99.3 Å². The lowest BCUT2D eigenvalue weighted by Crippen LogP contribution is -2.51. The highest BCUT2D eigenvalue weighted by atomic mass is 35.5. The summed E-state index contributed by atoms with van der Waals surface area (Å²) in [5.74, 6) is -0.880. The van der Waals surface area contributed by atoms with Gasteiger partial charge in [0, 0.05) is 44.1 Å². The second-order valence-corrected chi connectivity index (χ2v) is 11.3. The minimum absolute atomic E-state index is 0.0779. The highest BCUT2D eigenvalue weighted by molar-refractivity contribution is 6.42. The third-order valence-corrected chi connectivity index (χ3v) is 8.81. The number of rotatable bonds is 8. The maximum atomic E-state index is 14.2. The SMILES string of the molecule is CCC(CC(C(=O)NCc1ccccc1)c1ccc(Cl)c(Cl)c1)N1CCC2(CC1)OC(=O)Nc1ccc(F)cc12. The van der Waals surface area contributed by atoms with Gasteiger partial charge in [0.25, 0.3) is 0 Å². The normalized spacial score (nSPS) is 17.9. The molecule has 2 atom stereocenters. The number of likely N-dealkylation sites (tertiary alicyclic amines) is 1. The van der Waals surface area contributed by atoms with Gasteiger partial charge in [-0.1, -0.05) is 66.5 Å². The summed E-state index contributed by atoms with van der Waals surface area (Å²) in [6.45, 7) is 3.82. The van der Waals surface area contributed by atoms with E-state index in [0.29, 0.717) is 60.2 Å². The van der Waals surface area contributed by atoms with Gasteiger partial charge < -0.3 is 15.0 Å². The molecule has 0 aromatic heterocycles. The van der Waals surface area contributed by atoms with E-state index in [1.54, 1.807) is 18.2 Å². The van der Waals surface area contributed by atoms with Crippen LogP contribution in [0.2, 0.25) is 10.0 Å². The summed E-state index contributed by atoms with van der Waals surface area (Å²) in [5, 5.41) is 6.63. The first-order valence-corrected chi connectivity index (χ1v) is 14.3. The summed E-state index contributed by atoms with van der Waals surface area (Å²) in [5.41, 5.74) is 2.22. The van der Waals surface area contributed by atoms with Crippen molar-refractivity contribution in [2.75, 3.05) is 18.4 Å². The van der Waals surface area contributed by atoms with Gasteiger partial charge in [-0.05, 0) is 54.3 Å². The molecule has 2 heterocycles. The first-order chi connectivity index (χ1) is 19.3. The van der Waals surface area contributed by atoms with Gasteiger partial charge in [0.1, 0.15) is 11.4 Å². The molecule has 3 aromatic rings. The zero-order valence-corrected chi connectivity index (χ0v) is 23.8. The number of hydrogen-bond donors (Lipinski definition) is 2. The van der Waals surface area contributed by atoms with Crippen LogP contribution in [-0.2, 0) is 21.7 Å².